The molecule has 4 heteroatoms. The topological polar surface area (TPSA) is 55.8 Å². The summed E-state index contributed by atoms with van der Waals surface area (Å²) in [5.74, 6) is -0.0532. The molecule has 4 nitrogen and oxygen atoms in total. The summed E-state index contributed by atoms with van der Waals surface area (Å²) in [5.41, 5.74) is 2.36. The fraction of sp³-hybridized carbons (Fsp3) is 0.611. The zero-order valence-electron chi connectivity index (χ0n) is 14.7. The van der Waals surface area contributed by atoms with Gasteiger partial charge in [0.1, 0.15) is 12.4 Å². The van der Waals surface area contributed by atoms with Gasteiger partial charge in [0.25, 0.3) is 0 Å². The molecule has 0 saturated carbocycles. The molecule has 0 amide bonds. The molecule has 0 spiro atoms. The summed E-state index contributed by atoms with van der Waals surface area (Å²) in [4.78, 5) is 11.1. The lowest BCUT2D eigenvalue weighted by Crippen LogP contribution is -2.18. The first-order valence-corrected chi connectivity index (χ1v) is 7.48. The van der Waals surface area contributed by atoms with Gasteiger partial charge in [-0.3, -0.25) is 0 Å². The summed E-state index contributed by atoms with van der Waals surface area (Å²) in [6.45, 7) is 12.6. The Hall–Kier alpha value is -1.55. The van der Waals surface area contributed by atoms with Crippen LogP contribution in [-0.4, -0.2) is 24.8 Å². The lowest BCUT2D eigenvalue weighted by molar-refractivity contribution is -0.146. The SMILES string of the molecule is COC(=O)COCc1cc(C(C)(C)C)c(O)c(C(C)(C)C)c1. The van der Waals surface area contributed by atoms with Crippen molar-refractivity contribution in [3.05, 3.63) is 28.8 Å². The molecule has 0 fully saturated rings. The molecule has 0 aliphatic rings. The van der Waals surface area contributed by atoms with Gasteiger partial charge in [0.05, 0.1) is 13.7 Å². The van der Waals surface area contributed by atoms with Crippen LogP contribution in [0, 0.1) is 0 Å². The van der Waals surface area contributed by atoms with Crippen molar-refractivity contribution in [2.75, 3.05) is 13.7 Å². The first-order valence-electron chi connectivity index (χ1n) is 7.48. The highest BCUT2D eigenvalue weighted by molar-refractivity contribution is 5.70. The Morgan fingerprint density at radius 2 is 1.50 bits per heavy atom. The van der Waals surface area contributed by atoms with Gasteiger partial charge in [0.2, 0.25) is 0 Å². The van der Waals surface area contributed by atoms with E-state index in [4.69, 9.17) is 4.74 Å². The highest BCUT2D eigenvalue weighted by Gasteiger charge is 2.26. The van der Waals surface area contributed by atoms with Crippen LogP contribution in [-0.2, 0) is 31.7 Å². The van der Waals surface area contributed by atoms with Crippen molar-refractivity contribution in [3.63, 3.8) is 0 Å². The average Bonchev–Trinajstić information content (AvgIpc) is 2.37. The molecule has 22 heavy (non-hydrogen) atoms. The van der Waals surface area contributed by atoms with Crippen molar-refractivity contribution in [2.24, 2.45) is 0 Å². The average molecular weight is 308 g/mol. The van der Waals surface area contributed by atoms with Crippen molar-refractivity contribution in [1.82, 2.24) is 0 Å². The van der Waals surface area contributed by atoms with Crippen LogP contribution in [0.2, 0.25) is 0 Å². The number of carbonyl (C=O) groups is 1. The van der Waals surface area contributed by atoms with Gasteiger partial charge >= 0.3 is 5.97 Å². The predicted octanol–water partition coefficient (Wildman–Crippen LogP) is 3.68. The Bertz CT molecular complexity index is 498. The summed E-state index contributed by atoms with van der Waals surface area (Å²) in [5, 5.41) is 10.6. The van der Waals surface area contributed by atoms with Crippen LogP contribution in [0.5, 0.6) is 5.75 Å². The van der Waals surface area contributed by atoms with E-state index < -0.39 is 5.97 Å². The number of phenols is 1. The smallest absolute Gasteiger partial charge is 0.331 e. The van der Waals surface area contributed by atoms with Crippen molar-refractivity contribution in [2.45, 2.75) is 59.0 Å². The molecule has 1 aromatic rings. The number of ether oxygens (including phenoxy) is 2. The number of hydrogen-bond donors (Lipinski definition) is 1. The molecule has 124 valence electrons. The molecular weight excluding hydrogens is 280 g/mol. The highest BCUT2D eigenvalue weighted by atomic mass is 16.6. The number of methoxy groups -OCH3 is 1. The fourth-order valence-corrected chi connectivity index (χ4v) is 2.23. The summed E-state index contributed by atoms with van der Waals surface area (Å²) >= 11 is 0. The molecule has 0 radical (unpaired) electrons. The van der Waals surface area contributed by atoms with Crippen molar-refractivity contribution in [1.29, 1.82) is 0 Å². The van der Waals surface area contributed by atoms with Crippen LogP contribution >= 0.6 is 0 Å². The number of rotatable bonds is 4. The lowest BCUT2D eigenvalue weighted by Gasteiger charge is -2.28. The first-order chi connectivity index (χ1) is 9.96. The fourth-order valence-electron chi connectivity index (χ4n) is 2.23. The van der Waals surface area contributed by atoms with Crippen LogP contribution in [0.3, 0.4) is 0 Å². The second-order valence-electron chi connectivity index (χ2n) is 7.61. The molecule has 1 rings (SSSR count). The summed E-state index contributed by atoms with van der Waals surface area (Å²) < 4.78 is 9.95. The Morgan fingerprint density at radius 1 is 1.05 bits per heavy atom. The Balaban J connectivity index is 3.16. The van der Waals surface area contributed by atoms with Gasteiger partial charge in [-0.25, -0.2) is 4.79 Å². The first kappa shape index (κ1) is 18.5. The maximum atomic E-state index is 11.1. The van der Waals surface area contributed by atoms with Gasteiger partial charge in [0, 0.05) is 0 Å². The lowest BCUT2D eigenvalue weighted by atomic mass is 9.78. The van der Waals surface area contributed by atoms with E-state index in [0.29, 0.717) is 12.4 Å². The van der Waals surface area contributed by atoms with Gasteiger partial charge in [-0.2, -0.15) is 0 Å². The van der Waals surface area contributed by atoms with E-state index in [-0.39, 0.29) is 17.4 Å². The minimum atomic E-state index is -0.397. The Kier molecular flexibility index (Phi) is 5.63. The number of esters is 1. The molecule has 0 aliphatic carbocycles. The van der Waals surface area contributed by atoms with Crippen LogP contribution in [0.25, 0.3) is 0 Å². The highest BCUT2D eigenvalue weighted by Crippen LogP contribution is 2.39. The van der Waals surface area contributed by atoms with Crippen LogP contribution < -0.4 is 0 Å². The molecule has 0 heterocycles. The standard InChI is InChI=1S/C18H28O4/c1-17(2,3)13-8-12(10-22-11-15(19)21-7)9-14(16(13)20)18(4,5)6/h8-9,20H,10-11H2,1-7H3. The minimum Gasteiger partial charge on any atom is -0.507 e. The number of hydrogen-bond acceptors (Lipinski definition) is 4. The molecule has 1 aromatic carbocycles. The van der Waals surface area contributed by atoms with Gasteiger partial charge in [-0.15, -0.1) is 0 Å². The number of phenolic OH excluding ortho intramolecular Hbond substituents is 1. The normalized spacial score (nSPS) is 12.3. The van der Waals surface area contributed by atoms with E-state index in [1.165, 1.54) is 7.11 Å². The van der Waals surface area contributed by atoms with Crippen LogP contribution in [0.4, 0.5) is 0 Å². The third-order valence-corrected chi connectivity index (χ3v) is 3.50. The summed E-state index contributed by atoms with van der Waals surface area (Å²) in [7, 11) is 1.33. The summed E-state index contributed by atoms with van der Waals surface area (Å²) in [6.07, 6.45) is 0. The van der Waals surface area contributed by atoms with E-state index in [0.717, 1.165) is 16.7 Å². The Morgan fingerprint density at radius 3 is 1.86 bits per heavy atom. The van der Waals surface area contributed by atoms with E-state index >= 15 is 0 Å². The second kappa shape index (κ2) is 6.69. The molecule has 0 atom stereocenters. The maximum absolute atomic E-state index is 11.1. The van der Waals surface area contributed by atoms with Gasteiger partial charge < -0.3 is 14.6 Å². The number of benzene rings is 1. The zero-order valence-corrected chi connectivity index (χ0v) is 14.7. The van der Waals surface area contributed by atoms with E-state index in [1.54, 1.807) is 0 Å². The van der Waals surface area contributed by atoms with Crippen molar-refractivity contribution in [3.8, 4) is 5.75 Å². The third kappa shape index (κ3) is 4.73. The predicted molar refractivity (Wildman–Crippen MR) is 87.2 cm³/mol. The monoisotopic (exact) mass is 308 g/mol. The van der Waals surface area contributed by atoms with Crippen LogP contribution in [0.15, 0.2) is 12.1 Å². The molecule has 1 N–H and O–H groups in total. The maximum Gasteiger partial charge on any atom is 0.331 e. The summed E-state index contributed by atoms with van der Waals surface area (Å²) in [6, 6.07) is 3.89. The van der Waals surface area contributed by atoms with Gasteiger partial charge in [0.15, 0.2) is 0 Å². The van der Waals surface area contributed by atoms with Crippen molar-refractivity contribution < 1.29 is 19.4 Å². The number of carbonyl (C=O) groups excluding carboxylic acids is 1. The molecule has 0 unspecified atom stereocenters. The van der Waals surface area contributed by atoms with E-state index in [9.17, 15) is 9.90 Å². The van der Waals surface area contributed by atoms with E-state index in [1.807, 2.05) is 12.1 Å². The minimum absolute atomic E-state index is 0.0763. The zero-order chi connectivity index (χ0) is 17.1. The number of aromatic hydroxyl groups is 1. The molecule has 0 aromatic heterocycles. The quantitative estimate of drug-likeness (QED) is 0.862. The Labute approximate surface area is 133 Å². The third-order valence-electron chi connectivity index (χ3n) is 3.50. The second-order valence-corrected chi connectivity index (χ2v) is 7.61. The van der Waals surface area contributed by atoms with Gasteiger partial charge in [-0.1, -0.05) is 41.5 Å². The van der Waals surface area contributed by atoms with E-state index in [2.05, 4.69) is 46.3 Å². The largest absolute Gasteiger partial charge is 0.507 e. The van der Waals surface area contributed by atoms with Gasteiger partial charge in [-0.05, 0) is 39.7 Å². The molecular formula is C18H28O4. The van der Waals surface area contributed by atoms with Crippen molar-refractivity contribution >= 4 is 5.97 Å². The van der Waals surface area contributed by atoms with Crippen LogP contribution in [0.1, 0.15) is 58.2 Å². The molecule has 0 saturated heterocycles. The molecule has 0 aliphatic heterocycles. The molecule has 0 bridgehead atoms.